The first-order chi connectivity index (χ1) is 63.8. The number of benzene rings is 19. The zero-order chi connectivity index (χ0) is 87.0. The van der Waals surface area contributed by atoms with E-state index in [2.05, 4.69) is 485 Å². The third-order valence-electron chi connectivity index (χ3n) is 28.6. The molecule has 0 saturated heterocycles. The lowest BCUT2D eigenvalue weighted by Crippen LogP contribution is -2.65. The normalized spacial score (nSPS) is 12.8. The summed E-state index contributed by atoms with van der Waals surface area (Å²) in [6, 6.07) is 153. The molecule has 0 bridgehead atoms. The van der Waals surface area contributed by atoms with Gasteiger partial charge in [-0.15, -0.1) is 0 Å². The fourth-order valence-electron chi connectivity index (χ4n) is 23.2. The van der Waals surface area contributed by atoms with Crippen molar-refractivity contribution in [2.45, 2.75) is 55.4 Å². The van der Waals surface area contributed by atoms with Gasteiger partial charge in [0.15, 0.2) is 0 Å². The molecule has 0 radical (unpaired) electrons. The van der Waals surface area contributed by atoms with Gasteiger partial charge in [0.05, 0.1) is 39.1 Å². The zero-order valence-corrected chi connectivity index (χ0v) is 73.9. The van der Waals surface area contributed by atoms with Gasteiger partial charge in [-0.3, -0.25) is 0 Å². The van der Waals surface area contributed by atoms with Gasteiger partial charge in [-0.25, -0.2) is 0 Å². The molecule has 2 aromatic heterocycles. The summed E-state index contributed by atoms with van der Waals surface area (Å²) in [4.78, 5) is 10.5. The van der Waals surface area contributed by atoms with Crippen LogP contribution in [0, 0.1) is 55.4 Å². The van der Waals surface area contributed by atoms with Crippen LogP contribution in [0.15, 0.2) is 400 Å². The summed E-state index contributed by atoms with van der Waals surface area (Å²) in [6.07, 6.45) is 0. The molecule has 25 rings (SSSR count). The Morgan fingerprint density at radius 1 is 0.177 bits per heavy atom. The lowest BCUT2D eigenvalue weighted by Gasteiger charge is -2.48. The number of rotatable bonds is 12. The van der Waals surface area contributed by atoms with Gasteiger partial charge >= 0.3 is 0 Å². The predicted molar refractivity (Wildman–Crippen MR) is 554 cm³/mol. The van der Waals surface area contributed by atoms with E-state index in [0.717, 1.165) is 124 Å². The summed E-state index contributed by atoms with van der Waals surface area (Å²) in [5.41, 5.74) is 51.7. The van der Waals surface area contributed by atoms with Crippen LogP contribution in [0.25, 0.3) is 122 Å². The average Bonchev–Trinajstić information content (AvgIpc) is 0.763. The first-order valence-corrected chi connectivity index (χ1v) is 45.6. The molecule has 0 atom stereocenters. The summed E-state index contributed by atoms with van der Waals surface area (Å²) in [7, 11) is 0. The lowest BCUT2D eigenvalue weighted by molar-refractivity contribution is 1.16. The summed E-state index contributed by atoms with van der Waals surface area (Å²) in [5.74, 6) is 0. The van der Waals surface area contributed by atoms with E-state index in [1.807, 2.05) is 0 Å². The number of hydrogen-bond acceptors (Lipinski definition) is 4. The van der Waals surface area contributed by atoms with Crippen molar-refractivity contribution < 1.29 is 0 Å². The second-order valence-electron chi connectivity index (χ2n) is 36.2. The highest BCUT2D eigenvalue weighted by molar-refractivity contribution is 7.03. The summed E-state index contributed by atoms with van der Waals surface area (Å²) in [5, 5.41) is 4.79. The van der Waals surface area contributed by atoms with Crippen molar-refractivity contribution >= 4 is 158 Å². The number of hydrogen-bond donors (Lipinski definition) is 0. The highest BCUT2D eigenvalue weighted by Crippen LogP contribution is 2.55. The van der Waals surface area contributed by atoms with Crippen LogP contribution < -0.4 is 52.4 Å². The van der Waals surface area contributed by atoms with Gasteiger partial charge in [0.25, 0.3) is 13.4 Å². The molecule has 0 aliphatic carbocycles. The molecule has 614 valence electrons. The summed E-state index contributed by atoms with van der Waals surface area (Å²) < 4.78 is 5.18. The van der Waals surface area contributed by atoms with Gasteiger partial charge in [0.2, 0.25) is 0 Å². The fourth-order valence-corrected chi connectivity index (χ4v) is 23.2. The predicted octanol–water partition coefficient (Wildman–Crippen LogP) is 28.5. The van der Waals surface area contributed by atoms with Gasteiger partial charge in [-0.2, -0.15) is 0 Å². The van der Waals surface area contributed by atoms with Crippen molar-refractivity contribution in [1.82, 2.24) is 9.13 Å². The van der Waals surface area contributed by atoms with Gasteiger partial charge in [-0.1, -0.05) is 273 Å². The largest absolute Gasteiger partial charge is 0.311 e. The van der Waals surface area contributed by atoms with Crippen LogP contribution in [0.5, 0.6) is 0 Å². The van der Waals surface area contributed by atoms with Crippen molar-refractivity contribution in [1.29, 1.82) is 0 Å². The van der Waals surface area contributed by atoms with Crippen LogP contribution in [-0.2, 0) is 0 Å². The third kappa shape index (κ3) is 11.7. The molecule has 4 aliphatic heterocycles. The number of fused-ring (bicyclic) bond motifs is 14. The average molecular weight is 1660 g/mol. The minimum atomic E-state index is -0.289. The molecular formula is C122H90B2N6. The summed E-state index contributed by atoms with van der Waals surface area (Å²) >= 11 is 0. The maximum Gasteiger partial charge on any atom is 0.252 e. The van der Waals surface area contributed by atoms with Crippen molar-refractivity contribution in [3.8, 4) is 78.1 Å². The molecule has 8 heteroatoms. The molecule has 21 aromatic rings. The van der Waals surface area contributed by atoms with Crippen LogP contribution in [0.1, 0.15) is 44.5 Å². The van der Waals surface area contributed by atoms with Crippen LogP contribution in [0.4, 0.5) is 68.2 Å². The standard InChI is InChI=1S/C122H90B2N6/c1-75-33-28-34-76(2)116(75)85-57-61-104-96(65-85)97-66-86(117-77(3)35-29-36-78(117)4)58-62-105(97)128(104)92-69-112-120-114(71-92)127(91-49-22-13-23-50-91)110-74-111-103(73-102(110)123(120)100-53-24-26-55-108(100)125(112)89-45-18-11-19-46-89)124-101-54-25-27-56-109(101)126(90-47-20-12-21-48-90)113-70-93(72-115(121(113)124)130(111)122-94(83-41-14-9-15-42-83)51-32-52-95(122)84-43-16-10-17-44-84)129-106-63-59-87(118-79(5)37-30-38-80(118)6)67-98(106)99-68-88(60-64-107(99)129)119-81(7)39-31-40-82(119)8/h9-74H,1-8H3. The van der Waals surface area contributed by atoms with E-state index >= 15 is 0 Å². The highest BCUT2D eigenvalue weighted by atomic mass is 15.2. The monoisotopic (exact) mass is 1660 g/mol. The molecule has 0 unspecified atom stereocenters. The smallest absolute Gasteiger partial charge is 0.252 e. The minimum absolute atomic E-state index is 0.262. The molecule has 6 heterocycles. The Bertz CT molecular complexity index is 7940. The lowest BCUT2D eigenvalue weighted by atomic mass is 9.30. The minimum Gasteiger partial charge on any atom is -0.311 e. The van der Waals surface area contributed by atoms with Crippen molar-refractivity contribution in [2.75, 3.05) is 19.6 Å². The van der Waals surface area contributed by atoms with E-state index in [1.54, 1.807) is 0 Å². The second kappa shape index (κ2) is 29.9. The highest BCUT2D eigenvalue weighted by Gasteiger charge is 2.50. The third-order valence-corrected chi connectivity index (χ3v) is 28.6. The van der Waals surface area contributed by atoms with E-state index in [4.69, 9.17) is 0 Å². The topological polar surface area (TPSA) is 22.8 Å². The molecule has 0 fully saturated rings. The van der Waals surface area contributed by atoms with Gasteiger partial charge in [0.1, 0.15) is 0 Å². The Labute approximate surface area is 759 Å². The Kier molecular flexibility index (Phi) is 17.6. The molecule has 130 heavy (non-hydrogen) atoms. The van der Waals surface area contributed by atoms with Gasteiger partial charge < -0.3 is 28.7 Å². The molecule has 0 saturated carbocycles. The fraction of sp³-hybridized carbons (Fsp3) is 0.0656. The number of nitrogens with zero attached hydrogens (tertiary/aromatic N) is 6. The summed E-state index contributed by atoms with van der Waals surface area (Å²) in [6.45, 7) is 17.5. The van der Waals surface area contributed by atoms with Crippen LogP contribution in [0.3, 0.4) is 0 Å². The molecular weight excluding hydrogens is 1570 g/mol. The first-order valence-electron chi connectivity index (χ1n) is 45.6. The van der Waals surface area contributed by atoms with E-state index in [-0.39, 0.29) is 13.4 Å². The second-order valence-corrected chi connectivity index (χ2v) is 36.2. The Hall–Kier alpha value is -15.9. The number of aromatic nitrogens is 2. The molecule has 6 nitrogen and oxygen atoms in total. The SMILES string of the molecule is Cc1cccc(C)c1-c1ccc2c(c1)c1cc(-c3c(C)cccc3C)ccc1n2-c1cc2c3c(c1)N(c1ccccc1)c1cc4c(cc1B3c1ccccc1N2c1ccccc1)B1c2ccccc2N(c2ccccc2)c2cc(-n3c5ccc(-c6c(C)cccc6C)cc5c5cc(-c6c(C)cccc6C)ccc53)cc(c21)N4c1c(-c2ccccc2)cccc1-c1ccccc1. The number of anilines is 12. The maximum atomic E-state index is 2.74. The van der Waals surface area contributed by atoms with Crippen LogP contribution in [0.2, 0.25) is 0 Å². The number of para-hydroxylation sites is 6. The molecule has 0 N–H and O–H groups in total. The molecule has 4 aliphatic rings. The first kappa shape index (κ1) is 76.5. The van der Waals surface area contributed by atoms with Crippen molar-refractivity contribution in [2.24, 2.45) is 0 Å². The Balaban J connectivity index is 0.817. The number of aryl methyl sites for hydroxylation is 8. The van der Waals surface area contributed by atoms with Gasteiger partial charge in [0, 0.05) is 95.2 Å². The quantitative estimate of drug-likeness (QED) is 0.114. The van der Waals surface area contributed by atoms with Crippen LogP contribution in [-0.4, -0.2) is 22.6 Å². The van der Waals surface area contributed by atoms with E-state index in [0.29, 0.717) is 0 Å². The Morgan fingerprint density at radius 2 is 0.446 bits per heavy atom. The van der Waals surface area contributed by atoms with Gasteiger partial charge in [-0.05, 0) is 316 Å². The van der Waals surface area contributed by atoms with E-state index < -0.39 is 0 Å². The zero-order valence-electron chi connectivity index (χ0n) is 73.9. The van der Waals surface area contributed by atoms with E-state index in [1.165, 1.54) is 143 Å². The van der Waals surface area contributed by atoms with E-state index in [9.17, 15) is 0 Å². The van der Waals surface area contributed by atoms with Crippen molar-refractivity contribution in [3.63, 3.8) is 0 Å². The maximum absolute atomic E-state index is 2.74. The molecule has 0 amide bonds. The van der Waals surface area contributed by atoms with Crippen molar-refractivity contribution in [3.05, 3.63) is 445 Å². The van der Waals surface area contributed by atoms with Crippen LogP contribution >= 0.6 is 0 Å². The molecule has 19 aromatic carbocycles. The Morgan fingerprint density at radius 3 is 0.769 bits per heavy atom. The molecule has 0 spiro atoms.